The van der Waals surface area contributed by atoms with Gasteiger partial charge in [0, 0.05) is 24.3 Å². The minimum absolute atomic E-state index is 0.0516. The maximum absolute atomic E-state index is 12.5. The van der Waals surface area contributed by atoms with Gasteiger partial charge in [-0.2, -0.15) is 0 Å². The van der Waals surface area contributed by atoms with Crippen LogP contribution < -0.4 is 0 Å². The fourth-order valence-corrected chi connectivity index (χ4v) is 5.44. The van der Waals surface area contributed by atoms with Crippen molar-refractivity contribution >= 4 is 5.97 Å². The smallest absolute Gasteiger partial charge is 0.331 e. The lowest BCUT2D eigenvalue weighted by atomic mass is 9.90. The van der Waals surface area contributed by atoms with Crippen molar-refractivity contribution in [2.75, 3.05) is 0 Å². The van der Waals surface area contributed by atoms with Gasteiger partial charge in [0.05, 0.1) is 48.8 Å². The van der Waals surface area contributed by atoms with Crippen LogP contribution in [0.25, 0.3) is 0 Å². The lowest BCUT2D eigenvalue weighted by Gasteiger charge is -2.27. The van der Waals surface area contributed by atoms with Gasteiger partial charge < -0.3 is 45.6 Å². The first kappa shape index (κ1) is 42.6. The molecule has 1 aliphatic rings. The summed E-state index contributed by atoms with van der Waals surface area (Å²) in [5.74, 6) is -1.19. The van der Waals surface area contributed by atoms with Gasteiger partial charge >= 0.3 is 5.97 Å². The summed E-state index contributed by atoms with van der Waals surface area (Å²) >= 11 is 0. The van der Waals surface area contributed by atoms with E-state index in [0.717, 1.165) is 6.42 Å². The predicted octanol–water partition coefficient (Wildman–Crippen LogP) is 3.19. The maximum Gasteiger partial charge on any atom is 0.331 e. The van der Waals surface area contributed by atoms with Crippen molar-refractivity contribution in [3.63, 3.8) is 0 Å². The molecule has 1 rings (SSSR count). The molecule has 0 amide bonds. The van der Waals surface area contributed by atoms with Crippen molar-refractivity contribution in [1.82, 2.24) is 0 Å². The number of cyclic esters (lactones) is 1. The number of hydrogen-bond donors (Lipinski definition) is 8. The van der Waals surface area contributed by atoms with E-state index >= 15 is 0 Å². The third-order valence-corrected chi connectivity index (χ3v) is 8.55. The van der Waals surface area contributed by atoms with Crippen LogP contribution in [0, 0.1) is 17.8 Å². The van der Waals surface area contributed by atoms with Crippen LogP contribution in [0.1, 0.15) is 79.1 Å². The quantitative estimate of drug-likeness (QED) is 0.161. The van der Waals surface area contributed by atoms with Crippen molar-refractivity contribution in [2.45, 2.75) is 134 Å². The lowest BCUT2D eigenvalue weighted by molar-refractivity contribution is -0.147. The van der Waals surface area contributed by atoms with Crippen LogP contribution in [-0.4, -0.2) is 102 Å². The normalized spacial score (nSPS) is 36.3. The zero-order valence-electron chi connectivity index (χ0n) is 28.4. The van der Waals surface area contributed by atoms with Crippen molar-refractivity contribution in [1.29, 1.82) is 0 Å². The Hall–Kier alpha value is -2.41. The molecule has 10 heteroatoms. The largest absolute Gasteiger partial charge is 0.458 e. The first-order valence-electron chi connectivity index (χ1n) is 16.9. The average Bonchev–Trinajstić information content (AvgIpc) is 2.99. The number of carbonyl (C=O) groups excluding carboxylic acids is 1. The number of esters is 1. The van der Waals surface area contributed by atoms with E-state index in [1.54, 1.807) is 67.7 Å². The fourth-order valence-electron chi connectivity index (χ4n) is 5.44. The van der Waals surface area contributed by atoms with Crippen LogP contribution in [0.3, 0.4) is 0 Å². The minimum Gasteiger partial charge on any atom is -0.458 e. The summed E-state index contributed by atoms with van der Waals surface area (Å²) in [6.45, 7) is 7.55. The first-order valence-corrected chi connectivity index (χ1v) is 16.9. The summed E-state index contributed by atoms with van der Waals surface area (Å²) in [6.07, 6.45) is 12.2. The highest BCUT2D eigenvalue weighted by atomic mass is 16.5. The summed E-state index contributed by atoms with van der Waals surface area (Å²) in [7, 11) is 0. The van der Waals surface area contributed by atoms with Crippen LogP contribution in [0.4, 0.5) is 0 Å². The molecule has 268 valence electrons. The molecule has 12 atom stereocenters. The number of ether oxygens (including phenoxy) is 1. The topological polar surface area (TPSA) is 188 Å². The van der Waals surface area contributed by atoms with E-state index in [2.05, 4.69) is 0 Å². The second-order valence-corrected chi connectivity index (χ2v) is 13.0. The highest BCUT2D eigenvalue weighted by molar-refractivity contribution is 5.82. The van der Waals surface area contributed by atoms with E-state index in [9.17, 15) is 45.6 Å². The molecule has 0 aliphatic carbocycles. The zero-order valence-corrected chi connectivity index (χ0v) is 28.4. The van der Waals surface area contributed by atoms with Gasteiger partial charge in [0.1, 0.15) is 6.10 Å². The van der Waals surface area contributed by atoms with Crippen LogP contribution in [-0.2, 0) is 9.53 Å². The number of aliphatic hydroxyl groups excluding tert-OH is 8. The SMILES string of the molecule is CCC(C)[C@@H]1OC(=O)C=CC=CC=CC=CC=CC[C@H](O)[C@H](C)[C@H](O)C[C@H](O)C[C@H](O)C[C@@H](O)C[C@H](O)C[C@@H](O)C[C@@H](O)C=C[C@@H]1C. The molecule has 8 N–H and O–H groups in total. The van der Waals surface area contributed by atoms with E-state index in [-0.39, 0.29) is 50.4 Å². The molecule has 10 nitrogen and oxygen atoms in total. The second kappa shape index (κ2) is 23.8. The summed E-state index contributed by atoms with van der Waals surface area (Å²) in [5.41, 5.74) is 0. The first-order chi connectivity index (χ1) is 22.2. The molecular formula is C37H60O10. The Bertz CT molecular complexity index is 1030. The lowest BCUT2D eigenvalue weighted by Crippen LogP contribution is -2.34. The molecule has 0 saturated carbocycles. The predicted molar refractivity (Wildman–Crippen MR) is 183 cm³/mol. The molecule has 0 fully saturated rings. The molecule has 0 bridgehead atoms. The molecule has 0 saturated heterocycles. The van der Waals surface area contributed by atoms with E-state index in [1.165, 1.54) is 12.2 Å². The minimum atomic E-state index is -1.10. The highest BCUT2D eigenvalue weighted by Crippen LogP contribution is 2.23. The van der Waals surface area contributed by atoms with E-state index in [0.29, 0.717) is 6.42 Å². The third kappa shape index (κ3) is 19.2. The van der Waals surface area contributed by atoms with Crippen molar-refractivity contribution in [2.24, 2.45) is 17.8 Å². The van der Waals surface area contributed by atoms with Gasteiger partial charge in [0.2, 0.25) is 0 Å². The Morgan fingerprint density at radius 2 is 1.13 bits per heavy atom. The molecule has 1 aliphatic heterocycles. The molecule has 0 aromatic heterocycles. The van der Waals surface area contributed by atoms with Crippen LogP contribution in [0.2, 0.25) is 0 Å². The summed E-state index contributed by atoms with van der Waals surface area (Å²) in [6, 6.07) is 0. The Balaban J connectivity index is 3.01. The average molecular weight is 665 g/mol. The second-order valence-electron chi connectivity index (χ2n) is 13.0. The van der Waals surface area contributed by atoms with Gasteiger partial charge in [-0.1, -0.05) is 101 Å². The third-order valence-electron chi connectivity index (χ3n) is 8.55. The van der Waals surface area contributed by atoms with Crippen molar-refractivity contribution in [3.8, 4) is 0 Å². The monoisotopic (exact) mass is 664 g/mol. The zero-order chi connectivity index (χ0) is 35.4. The van der Waals surface area contributed by atoms with Gasteiger partial charge in [0.15, 0.2) is 0 Å². The number of allylic oxidation sites excluding steroid dienone is 8. The Labute approximate surface area is 280 Å². The number of aliphatic hydroxyl groups is 8. The molecule has 47 heavy (non-hydrogen) atoms. The van der Waals surface area contributed by atoms with Gasteiger partial charge in [-0.3, -0.25) is 0 Å². The van der Waals surface area contributed by atoms with Gasteiger partial charge in [-0.25, -0.2) is 4.79 Å². The maximum atomic E-state index is 12.5. The highest BCUT2D eigenvalue weighted by Gasteiger charge is 2.27. The molecule has 1 unspecified atom stereocenters. The van der Waals surface area contributed by atoms with Crippen LogP contribution in [0.5, 0.6) is 0 Å². The van der Waals surface area contributed by atoms with E-state index in [1.807, 2.05) is 20.8 Å². The van der Waals surface area contributed by atoms with Crippen LogP contribution >= 0.6 is 0 Å². The fraction of sp³-hybridized carbons (Fsp3) is 0.649. The number of hydrogen-bond acceptors (Lipinski definition) is 10. The Morgan fingerprint density at radius 3 is 1.66 bits per heavy atom. The van der Waals surface area contributed by atoms with Gasteiger partial charge in [0.25, 0.3) is 0 Å². The Kier molecular flexibility index (Phi) is 21.6. The molecule has 0 aromatic carbocycles. The standard InChI is InChI=1S/C37H60O10/c1-5-25(2)37-26(3)17-18-28(38)19-29(39)20-30(40)21-31(41)22-32(42)23-33(43)24-35(45)27(4)34(44)15-13-11-9-7-6-8-10-12-14-16-36(46)47-37/h6-14,16-18,25-35,37-45H,5,15,19-24H2,1-4H3/t25?,26-,27-,28-,29-,30+,31-,32+,33+,34-,35+,37-/m0/s1. The molecule has 0 radical (unpaired) electrons. The van der Waals surface area contributed by atoms with Crippen LogP contribution in [0.15, 0.2) is 72.9 Å². The molecule has 0 aromatic rings. The summed E-state index contributed by atoms with van der Waals surface area (Å²) in [5, 5.41) is 83.4. The summed E-state index contributed by atoms with van der Waals surface area (Å²) in [4.78, 5) is 12.5. The van der Waals surface area contributed by atoms with Crippen molar-refractivity contribution < 1.29 is 50.4 Å². The molecule has 1 heterocycles. The summed E-state index contributed by atoms with van der Waals surface area (Å²) < 4.78 is 5.74. The van der Waals surface area contributed by atoms with Gasteiger partial charge in [-0.05, 0) is 44.4 Å². The van der Waals surface area contributed by atoms with Crippen molar-refractivity contribution in [3.05, 3.63) is 72.9 Å². The number of carbonyl (C=O) groups is 1. The van der Waals surface area contributed by atoms with E-state index in [4.69, 9.17) is 4.74 Å². The van der Waals surface area contributed by atoms with E-state index < -0.39 is 66.8 Å². The van der Waals surface area contributed by atoms with Gasteiger partial charge in [-0.15, -0.1) is 0 Å². The Morgan fingerprint density at radius 1 is 0.660 bits per heavy atom. The number of rotatable bonds is 2. The molecular weight excluding hydrogens is 604 g/mol. The molecule has 0 spiro atoms.